The van der Waals surface area contributed by atoms with Crippen LogP contribution in [0.3, 0.4) is 0 Å². The summed E-state index contributed by atoms with van der Waals surface area (Å²) in [7, 11) is 0. The lowest BCUT2D eigenvalue weighted by atomic mass is 10.1. The Labute approximate surface area is 137 Å². The second-order valence-electron chi connectivity index (χ2n) is 5.47. The topological polar surface area (TPSA) is 29.9 Å². The number of nitrogens with zero attached hydrogens (tertiary/aromatic N) is 2. The van der Waals surface area contributed by atoms with Crippen molar-refractivity contribution in [3.8, 4) is 5.69 Å². The molecule has 0 amide bonds. The van der Waals surface area contributed by atoms with Crippen LogP contribution in [0.25, 0.3) is 5.69 Å². The summed E-state index contributed by atoms with van der Waals surface area (Å²) in [6, 6.07) is 8.36. The fourth-order valence-electron chi connectivity index (χ4n) is 2.49. The van der Waals surface area contributed by atoms with E-state index in [-0.39, 0.29) is 12.4 Å². The Hall–Kier alpha value is -2.60. The van der Waals surface area contributed by atoms with Crippen LogP contribution >= 0.6 is 0 Å². The Bertz CT molecular complexity index is 858. The first-order chi connectivity index (χ1) is 11.5. The fourth-order valence-corrected chi connectivity index (χ4v) is 2.49. The van der Waals surface area contributed by atoms with Gasteiger partial charge in [-0.2, -0.15) is 0 Å². The summed E-state index contributed by atoms with van der Waals surface area (Å²) in [5.74, 6) is -0.863. The normalized spacial score (nSPS) is 11.0. The number of benzene rings is 2. The zero-order chi connectivity index (χ0) is 17.1. The van der Waals surface area contributed by atoms with Gasteiger partial charge in [-0.1, -0.05) is 12.1 Å². The molecule has 3 rings (SSSR count). The number of hydrogen-bond acceptors (Lipinski definition) is 2. The van der Waals surface area contributed by atoms with Crippen molar-refractivity contribution in [3.05, 3.63) is 83.2 Å². The van der Waals surface area contributed by atoms with Crippen LogP contribution in [0, 0.1) is 24.4 Å². The Morgan fingerprint density at radius 3 is 2.50 bits per heavy atom. The molecule has 24 heavy (non-hydrogen) atoms. The number of hydrogen-bond donors (Lipinski definition) is 1. The maximum Gasteiger partial charge on any atom is 0.147 e. The lowest BCUT2D eigenvalue weighted by molar-refractivity contribution is 0.559. The molecule has 0 unspecified atom stereocenters. The maximum absolute atomic E-state index is 14.3. The monoisotopic (exact) mass is 331 g/mol. The summed E-state index contributed by atoms with van der Waals surface area (Å²) in [5.41, 5.74) is 1.53. The molecule has 3 aromatic rings. The maximum atomic E-state index is 14.3. The van der Waals surface area contributed by atoms with Crippen molar-refractivity contribution in [2.45, 2.75) is 20.0 Å². The molecule has 1 aromatic heterocycles. The second-order valence-corrected chi connectivity index (χ2v) is 5.47. The predicted octanol–water partition coefficient (Wildman–Crippen LogP) is 3.89. The Morgan fingerprint density at radius 2 is 1.83 bits per heavy atom. The van der Waals surface area contributed by atoms with Gasteiger partial charge in [0.05, 0.1) is 5.69 Å². The minimum atomic E-state index is -0.608. The van der Waals surface area contributed by atoms with Crippen molar-refractivity contribution < 1.29 is 13.2 Å². The molecule has 0 radical (unpaired) electrons. The van der Waals surface area contributed by atoms with Crippen LogP contribution in [0.1, 0.15) is 17.0 Å². The van der Waals surface area contributed by atoms with E-state index in [1.807, 2.05) is 0 Å². The molecule has 2 aromatic carbocycles. The van der Waals surface area contributed by atoms with Crippen LogP contribution in [-0.2, 0) is 13.1 Å². The van der Waals surface area contributed by atoms with E-state index in [9.17, 15) is 13.2 Å². The average molecular weight is 331 g/mol. The van der Waals surface area contributed by atoms with Crippen molar-refractivity contribution in [2.24, 2.45) is 0 Å². The molecule has 0 fully saturated rings. The second kappa shape index (κ2) is 6.88. The molecular weight excluding hydrogens is 315 g/mol. The number of halogens is 3. The van der Waals surface area contributed by atoms with Gasteiger partial charge >= 0.3 is 0 Å². The quantitative estimate of drug-likeness (QED) is 0.769. The summed E-state index contributed by atoms with van der Waals surface area (Å²) >= 11 is 0. The molecule has 0 bridgehead atoms. The van der Waals surface area contributed by atoms with Crippen LogP contribution in [0.2, 0.25) is 0 Å². The molecule has 0 saturated heterocycles. The Morgan fingerprint density at radius 1 is 1.00 bits per heavy atom. The molecule has 124 valence electrons. The standard InChI is InChI=1S/C18H16F3N3/c1-12-23-6-7-24(12)18-5-2-13(8-17(18)21)10-22-11-14-3-4-15(19)9-16(14)20/h2-9,22H,10-11H2,1H3. The van der Waals surface area contributed by atoms with E-state index >= 15 is 0 Å². The van der Waals surface area contributed by atoms with Gasteiger partial charge < -0.3 is 9.88 Å². The van der Waals surface area contributed by atoms with Crippen molar-refractivity contribution in [1.29, 1.82) is 0 Å². The zero-order valence-electron chi connectivity index (χ0n) is 13.1. The summed E-state index contributed by atoms with van der Waals surface area (Å²) in [5, 5.41) is 3.02. The highest BCUT2D eigenvalue weighted by atomic mass is 19.1. The van der Waals surface area contributed by atoms with Crippen molar-refractivity contribution in [1.82, 2.24) is 14.9 Å². The van der Waals surface area contributed by atoms with Crippen LogP contribution in [-0.4, -0.2) is 9.55 Å². The number of imidazole rings is 1. The molecule has 0 aliphatic heterocycles. The van der Waals surface area contributed by atoms with Crippen LogP contribution in [0.5, 0.6) is 0 Å². The number of rotatable bonds is 5. The van der Waals surface area contributed by atoms with Gasteiger partial charge in [-0.15, -0.1) is 0 Å². The van der Waals surface area contributed by atoms with Crippen molar-refractivity contribution in [2.75, 3.05) is 0 Å². The number of aromatic nitrogens is 2. The third-order valence-corrected chi connectivity index (χ3v) is 3.76. The molecule has 0 spiro atoms. The smallest absolute Gasteiger partial charge is 0.147 e. The van der Waals surface area contributed by atoms with Gasteiger partial charge in [-0.05, 0) is 30.7 Å². The molecule has 6 heteroatoms. The van der Waals surface area contributed by atoms with E-state index in [4.69, 9.17) is 0 Å². The first-order valence-corrected chi connectivity index (χ1v) is 7.48. The minimum absolute atomic E-state index is 0.232. The predicted molar refractivity (Wildman–Crippen MR) is 85.2 cm³/mol. The lowest BCUT2D eigenvalue weighted by Gasteiger charge is -2.10. The molecule has 3 nitrogen and oxygen atoms in total. The highest BCUT2D eigenvalue weighted by Crippen LogP contribution is 2.17. The fraction of sp³-hybridized carbons (Fsp3) is 0.167. The Balaban J connectivity index is 1.66. The van der Waals surface area contributed by atoms with Gasteiger partial charge in [0.25, 0.3) is 0 Å². The van der Waals surface area contributed by atoms with E-state index in [1.54, 1.807) is 36.0 Å². The highest BCUT2D eigenvalue weighted by Gasteiger charge is 2.08. The molecule has 1 N–H and O–H groups in total. The van der Waals surface area contributed by atoms with E-state index in [2.05, 4.69) is 10.3 Å². The van der Waals surface area contributed by atoms with Crippen molar-refractivity contribution in [3.63, 3.8) is 0 Å². The summed E-state index contributed by atoms with van der Waals surface area (Å²) in [6.07, 6.45) is 3.31. The first kappa shape index (κ1) is 16.3. The third kappa shape index (κ3) is 3.49. The molecular formula is C18H16F3N3. The summed E-state index contributed by atoms with van der Waals surface area (Å²) in [4.78, 5) is 4.08. The summed E-state index contributed by atoms with van der Waals surface area (Å²) < 4.78 is 42.3. The van der Waals surface area contributed by atoms with E-state index in [1.165, 1.54) is 18.2 Å². The van der Waals surface area contributed by atoms with E-state index < -0.39 is 11.6 Å². The molecule has 0 saturated carbocycles. The van der Waals surface area contributed by atoms with Crippen LogP contribution in [0.15, 0.2) is 48.8 Å². The molecule has 1 heterocycles. The SMILES string of the molecule is Cc1nccn1-c1ccc(CNCc2ccc(F)cc2F)cc1F. The zero-order valence-corrected chi connectivity index (χ0v) is 13.1. The largest absolute Gasteiger partial charge is 0.309 e. The first-order valence-electron chi connectivity index (χ1n) is 7.48. The van der Waals surface area contributed by atoms with E-state index in [0.29, 0.717) is 23.6 Å². The van der Waals surface area contributed by atoms with Crippen LogP contribution in [0.4, 0.5) is 13.2 Å². The van der Waals surface area contributed by atoms with E-state index in [0.717, 1.165) is 11.6 Å². The number of aryl methyl sites for hydroxylation is 1. The minimum Gasteiger partial charge on any atom is -0.309 e. The van der Waals surface area contributed by atoms with Gasteiger partial charge in [0.1, 0.15) is 23.3 Å². The lowest BCUT2D eigenvalue weighted by Crippen LogP contribution is -2.14. The van der Waals surface area contributed by atoms with Gasteiger partial charge in [0, 0.05) is 37.1 Å². The third-order valence-electron chi connectivity index (χ3n) is 3.76. The van der Waals surface area contributed by atoms with Crippen LogP contribution < -0.4 is 5.32 Å². The van der Waals surface area contributed by atoms with Crippen molar-refractivity contribution >= 4 is 0 Å². The molecule has 0 aliphatic carbocycles. The van der Waals surface area contributed by atoms with Gasteiger partial charge in [-0.25, -0.2) is 18.2 Å². The molecule has 0 aliphatic rings. The summed E-state index contributed by atoms with van der Waals surface area (Å²) in [6.45, 7) is 2.40. The molecule has 0 atom stereocenters. The Kier molecular flexibility index (Phi) is 4.66. The highest BCUT2D eigenvalue weighted by molar-refractivity contribution is 5.37. The number of nitrogens with one attached hydrogen (secondary N) is 1. The van der Waals surface area contributed by atoms with Gasteiger partial charge in [-0.3, -0.25) is 0 Å². The van der Waals surface area contributed by atoms with Gasteiger partial charge in [0.15, 0.2) is 0 Å². The average Bonchev–Trinajstić information content (AvgIpc) is 2.95. The van der Waals surface area contributed by atoms with Gasteiger partial charge in [0.2, 0.25) is 0 Å².